The number of hydrogen-bond donors (Lipinski definition) is 2. The van der Waals surface area contributed by atoms with Crippen molar-refractivity contribution in [2.45, 2.75) is 52.9 Å². The molecule has 2 atom stereocenters. The lowest BCUT2D eigenvalue weighted by Crippen LogP contribution is -2.27. The number of pyridine rings is 1. The number of H-pyrrole nitrogens is 1. The number of hydrogen-bond acceptors (Lipinski definition) is 4. The Hall–Kier alpha value is -2.21. The van der Waals surface area contributed by atoms with Crippen LogP contribution in [0, 0.1) is 13.8 Å². The molecule has 2 aromatic heterocycles. The molecule has 0 saturated heterocycles. The van der Waals surface area contributed by atoms with Crippen LogP contribution in [-0.2, 0) is 17.7 Å². The molecular formula is C17H22N4O2. The van der Waals surface area contributed by atoms with Gasteiger partial charge in [0.15, 0.2) is 5.69 Å². The molecule has 1 aliphatic heterocycles. The van der Waals surface area contributed by atoms with Crippen molar-refractivity contribution in [2.75, 3.05) is 0 Å². The van der Waals surface area contributed by atoms with Crippen LogP contribution >= 0.6 is 0 Å². The summed E-state index contributed by atoms with van der Waals surface area (Å²) in [6.45, 7) is 8.34. The van der Waals surface area contributed by atoms with Crippen molar-refractivity contribution < 1.29 is 9.53 Å². The van der Waals surface area contributed by atoms with Crippen LogP contribution in [0.1, 0.15) is 58.6 Å². The maximum atomic E-state index is 12.5. The third-order valence-electron chi connectivity index (χ3n) is 4.04. The number of nitrogens with one attached hydrogen (secondary N) is 2. The lowest BCUT2D eigenvalue weighted by molar-refractivity contribution is -0.00697. The van der Waals surface area contributed by atoms with Gasteiger partial charge in [0, 0.05) is 29.9 Å². The maximum absolute atomic E-state index is 12.5. The van der Waals surface area contributed by atoms with Crippen molar-refractivity contribution in [3.05, 3.63) is 46.0 Å². The van der Waals surface area contributed by atoms with E-state index < -0.39 is 0 Å². The van der Waals surface area contributed by atoms with Crippen molar-refractivity contribution in [2.24, 2.45) is 0 Å². The second-order valence-electron chi connectivity index (χ2n) is 6.20. The number of rotatable bonds is 3. The standard InChI is InChI=1S/C17H22N4O2/c1-9-5-13(6-10(2)19-9)8-18-17(22)16-14-7-11(3)23-12(4)15(14)20-21-16/h5-6,11-12H,7-8H2,1-4H3,(H,18,22)(H,20,21)/t11-,12+/m1/s1. The highest BCUT2D eigenvalue weighted by molar-refractivity contribution is 5.94. The average molecular weight is 314 g/mol. The SMILES string of the molecule is Cc1cc(CNC(=O)c2n[nH]c3c2C[C@@H](C)O[C@H]3C)cc(C)n1. The molecule has 0 spiro atoms. The summed E-state index contributed by atoms with van der Waals surface area (Å²) in [6, 6.07) is 3.95. The van der Waals surface area contributed by atoms with Gasteiger partial charge in [0.2, 0.25) is 0 Å². The molecule has 6 nitrogen and oxygen atoms in total. The lowest BCUT2D eigenvalue weighted by atomic mass is 9.99. The molecule has 0 unspecified atom stereocenters. The summed E-state index contributed by atoms with van der Waals surface area (Å²) in [5.74, 6) is -0.157. The number of fused-ring (bicyclic) bond motifs is 1. The quantitative estimate of drug-likeness (QED) is 0.911. The van der Waals surface area contributed by atoms with E-state index in [1.54, 1.807) is 0 Å². The third-order valence-corrected chi connectivity index (χ3v) is 4.04. The Bertz CT molecular complexity index is 718. The second kappa shape index (κ2) is 6.12. The first-order valence-electron chi connectivity index (χ1n) is 7.89. The summed E-state index contributed by atoms with van der Waals surface area (Å²) in [6.07, 6.45) is 0.729. The highest BCUT2D eigenvalue weighted by Gasteiger charge is 2.29. The molecule has 122 valence electrons. The Balaban J connectivity index is 1.74. The molecule has 1 aliphatic rings. The molecule has 2 N–H and O–H groups in total. The van der Waals surface area contributed by atoms with Crippen LogP contribution in [0.2, 0.25) is 0 Å². The topological polar surface area (TPSA) is 79.9 Å². The average Bonchev–Trinajstić information content (AvgIpc) is 2.88. The van der Waals surface area contributed by atoms with E-state index in [1.165, 1.54) is 0 Å². The van der Waals surface area contributed by atoms with Gasteiger partial charge in [-0.05, 0) is 45.4 Å². The first-order chi connectivity index (χ1) is 10.9. The van der Waals surface area contributed by atoms with E-state index in [1.807, 2.05) is 39.8 Å². The molecule has 3 heterocycles. The van der Waals surface area contributed by atoms with Gasteiger partial charge in [-0.25, -0.2) is 0 Å². The van der Waals surface area contributed by atoms with Crippen molar-refractivity contribution in [1.29, 1.82) is 0 Å². The molecule has 23 heavy (non-hydrogen) atoms. The highest BCUT2D eigenvalue weighted by atomic mass is 16.5. The number of aromatic amines is 1. The number of carbonyl (C=O) groups is 1. The number of ether oxygens (including phenoxy) is 1. The smallest absolute Gasteiger partial charge is 0.272 e. The van der Waals surface area contributed by atoms with Crippen LogP contribution in [0.5, 0.6) is 0 Å². The largest absolute Gasteiger partial charge is 0.369 e. The first kappa shape index (κ1) is 15.7. The number of amides is 1. The van der Waals surface area contributed by atoms with Gasteiger partial charge in [-0.1, -0.05) is 0 Å². The van der Waals surface area contributed by atoms with Crippen LogP contribution in [0.25, 0.3) is 0 Å². The summed E-state index contributed by atoms with van der Waals surface area (Å²) < 4.78 is 5.75. The predicted molar refractivity (Wildman–Crippen MR) is 86.1 cm³/mol. The fourth-order valence-electron chi connectivity index (χ4n) is 3.15. The van der Waals surface area contributed by atoms with E-state index in [4.69, 9.17) is 4.74 Å². The van der Waals surface area contributed by atoms with Gasteiger partial charge in [0.05, 0.1) is 17.9 Å². The molecular weight excluding hydrogens is 292 g/mol. The van der Waals surface area contributed by atoms with Crippen molar-refractivity contribution >= 4 is 5.91 Å². The van der Waals surface area contributed by atoms with Gasteiger partial charge in [0.1, 0.15) is 0 Å². The van der Waals surface area contributed by atoms with E-state index >= 15 is 0 Å². The van der Waals surface area contributed by atoms with E-state index in [-0.39, 0.29) is 18.1 Å². The zero-order valence-electron chi connectivity index (χ0n) is 13.9. The van der Waals surface area contributed by atoms with E-state index in [2.05, 4.69) is 20.5 Å². The molecule has 0 aromatic carbocycles. The summed E-state index contributed by atoms with van der Waals surface area (Å²) in [5.41, 5.74) is 5.29. The van der Waals surface area contributed by atoms with Crippen molar-refractivity contribution in [3.63, 3.8) is 0 Å². The van der Waals surface area contributed by atoms with Crippen molar-refractivity contribution in [1.82, 2.24) is 20.5 Å². The number of aromatic nitrogens is 3. The summed E-state index contributed by atoms with van der Waals surface area (Å²) >= 11 is 0. The summed E-state index contributed by atoms with van der Waals surface area (Å²) in [7, 11) is 0. The fraction of sp³-hybridized carbons (Fsp3) is 0.471. The molecule has 3 rings (SSSR count). The van der Waals surface area contributed by atoms with Gasteiger partial charge in [-0.2, -0.15) is 5.10 Å². The molecule has 0 saturated carbocycles. The molecule has 6 heteroatoms. The molecule has 0 fully saturated rings. The Morgan fingerprint density at radius 2 is 2.04 bits per heavy atom. The van der Waals surface area contributed by atoms with Gasteiger partial charge >= 0.3 is 0 Å². The van der Waals surface area contributed by atoms with E-state index in [0.717, 1.165) is 28.2 Å². The van der Waals surface area contributed by atoms with Crippen molar-refractivity contribution in [3.8, 4) is 0 Å². The highest BCUT2D eigenvalue weighted by Crippen LogP contribution is 2.30. The first-order valence-corrected chi connectivity index (χ1v) is 7.89. The maximum Gasteiger partial charge on any atom is 0.272 e. The fourth-order valence-corrected chi connectivity index (χ4v) is 3.15. The van der Waals surface area contributed by atoms with Gasteiger partial charge < -0.3 is 10.1 Å². The summed E-state index contributed by atoms with van der Waals surface area (Å²) in [4.78, 5) is 16.8. The Morgan fingerprint density at radius 3 is 2.74 bits per heavy atom. The lowest BCUT2D eigenvalue weighted by Gasteiger charge is -2.25. The minimum absolute atomic E-state index is 0.0618. The Labute approximate surface area is 135 Å². The number of aryl methyl sites for hydroxylation is 2. The van der Waals surface area contributed by atoms with Gasteiger partial charge in [-0.15, -0.1) is 0 Å². The predicted octanol–water partition coefficient (Wildman–Crippen LogP) is 2.37. The molecule has 0 bridgehead atoms. The zero-order chi connectivity index (χ0) is 16.6. The summed E-state index contributed by atoms with van der Waals surface area (Å²) in [5, 5.41) is 10.1. The monoisotopic (exact) mass is 314 g/mol. The van der Waals surface area contributed by atoms with Crippen LogP contribution in [0.4, 0.5) is 0 Å². The molecule has 2 aromatic rings. The molecule has 0 radical (unpaired) electrons. The minimum atomic E-state index is -0.157. The normalized spacial score (nSPS) is 20.2. The number of nitrogens with zero attached hydrogens (tertiary/aromatic N) is 2. The Morgan fingerprint density at radius 1 is 1.35 bits per heavy atom. The second-order valence-corrected chi connectivity index (χ2v) is 6.20. The molecule has 0 aliphatic carbocycles. The number of carbonyl (C=O) groups excluding carboxylic acids is 1. The minimum Gasteiger partial charge on any atom is -0.369 e. The zero-order valence-corrected chi connectivity index (χ0v) is 13.9. The van der Waals surface area contributed by atoms with Crippen LogP contribution < -0.4 is 5.32 Å². The van der Waals surface area contributed by atoms with E-state index in [9.17, 15) is 4.79 Å². The van der Waals surface area contributed by atoms with Crippen LogP contribution in [0.3, 0.4) is 0 Å². The van der Waals surface area contributed by atoms with Gasteiger partial charge in [-0.3, -0.25) is 14.9 Å². The van der Waals surface area contributed by atoms with Gasteiger partial charge in [0.25, 0.3) is 5.91 Å². The molecule has 1 amide bonds. The van der Waals surface area contributed by atoms with Crippen LogP contribution in [-0.4, -0.2) is 27.2 Å². The van der Waals surface area contributed by atoms with E-state index in [0.29, 0.717) is 18.7 Å². The van der Waals surface area contributed by atoms with Crippen LogP contribution in [0.15, 0.2) is 12.1 Å². The third kappa shape index (κ3) is 3.27. The Kier molecular flexibility index (Phi) is 4.17.